The third-order valence-electron chi connectivity index (χ3n) is 5.85. The Labute approximate surface area is 169 Å². The largest absolute Gasteiger partial charge is 0.454 e. The maximum Gasteiger partial charge on any atom is 0.258 e. The van der Waals surface area contributed by atoms with Crippen LogP contribution in [-0.2, 0) is 13.1 Å². The number of fused-ring (bicyclic) bond motifs is 2. The molecule has 2 aliphatic heterocycles. The molecule has 7 nitrogen and oxygen atoms in total. The van der Waals surface area contributed by atoms with Crippen LogP contribution >= 0.6 is 0 Å². The Balaban J connectivity index is 1.20. The van der Waals surface area contributed by atoms with Gasteiger partial charge in [-0.2, -0.15) is 0 Å². The van der Waals surface area contributed by atoms with Crippen molar-refractivity contribution in [3.8, 4) is 11.5 Å². The second kappa shape index (κ2) is 7.50. The van der Waals surface area contributed by atoms with Crippen molar-refractivity contribution >= 4 is 5.65 Å². The van der Waals surface area contributed by atoms with E-state index in [1.165, 1.54) is 10.5 Å². The SMILES string of the molecule is Cc1ccc2nc(C[NH+]3CC[NH+](Cc4ccc5c(c4)OCO5)CC3)cc(=O)n2c1. The van der Waals surface area contributed by atoms with E-state index < -0.39 is 0 Å². The summed E-state index contributed by atoms with van der Waals surface area (Å²) in [5, 5.41) is 0. The van der Waals surface area contributed by atoms with Crippen LogP contribution in [0.25, 0.3) is 5.65 Å². The van der Waals surface area contributed by atoms with Gasteiger partial charge in [0.15, 0.2) is 11.5 Å². The molecule has 2 aromatic heterocycles. The standard InChI is InChI=1S/C22H24N4O3/c1-16-2-5-21-23-18(11-22(27)26(21)12-16)14-25-8-6-24(7-9-25)13-17-3-4-19-20(10-17)29-15-28-19/h2-5,10-12H,6-9,13-15H2,1H3/p+2. The van der Waals surface area contributed by atoms with Crippen molar-refractivity contribution in [1.29, 1.82) is 0 Å². The molecule has 1 aromatic carbocycles. The molecule has 5 rings (SSSR count). The highest BCUT2D eigenvalue weighted by Gasteiger charge is 2.24. The van der Waals surface area contributed by atoms with Gasteiger partial charge in [0.05, 0.1) is 0 Å². The van der Waals surface area contributed by atoms with Crippen LogP contribution in [0.1, 0.15) is 16.8 Å². The van der Waals surface area contributed by atoms with Crippen molar-refractivity contribution in [1.82, 2.24) is 9.38 Å². The Kier molecular flexibility index (Phi) is 4.69. The number of nitrogens with one attached hydrogen (secondary N) is 2. The summed E-state index contributed by atoms with van der Waals surface area (Å²) in [5.41, 5.74) is 3.95. The lowest BCUT2D eigenvalue weighted by Crippen LogP contribution is -3.27. The van der Waals surface area contributed by atoms with E-state index in [9.17, 15) is 4.79 Å². The Hall–Kier alpha value is -2.90. The molecule has 0 bridgehead atoms. The third-order valence-corrected chi connectivity index (χ3v) is 5.85. The smallest absolute Gasteiger partial charge is 0.258 e. The predicted octanol–water partition coefficient (Wildman–Crippen LogP) is -0.785. The summed E-state index contributed by atoms with van der Waals surface area (Å²) in [6.07, 6.45) is 1.85. The number of ether oxygens (including phenoxy) is 2. The second-order valence-corrected chi connectivity index (χ2v) is 8.06. The number of pyridine rings is 1. The molecule has 1 fully saturated rings. The Morgan fingerprint density at radius 1 is 0.966 bits per heavy atom. The minimum atomic E-state index is 0.000157. The molecule has 150 valence electrons. The first-order valence-corrected chi connectivity index (χ1v) is 10.2. The Morgan fingerprint density at radius 2 is 1.72 bits per heavy atom. The van der Waals surface area contributed by atoms with Gasteiger partial charge in [-0.1, -0.05) is 6.07 Å². The normalized spacial score (nSPS) is 20.9. The molecule has 0 aliphatic carbocycles. The number of nitrogens with zero attached hydrogens (tertiary/aromatic N) is 2. The van der Waals surface area contributed by atoms with E-state index in [1.807, 2.05) is 31.3 Å². The van der Waals surface area contributed by atoms with Crippen molar-refractivity contribution in [2.24, 2.45) is 0 Å². The predicted molar refractivity (Wildman–Crippen MR) is 108 cm³/mol. The second-order valence-electron chi connectivity index (χ2n) is 8.06. The molecule has 0 radical (unpaired) electrons. The molecule has 0 spiro atoms. The topological polar surface area (TPSA) is 61.7 Å². The van der Waals surface area contributed by atoms with Gasteiger partial charge in [0.25, 0.3) is 5.56 Å². The van der Waals surface area contributed by atoms with Gasteiger partial charge in [0.2, 0.25) is 6.79 Å². The number of aryl methyl sites for hydroxylation is 1. The maximum atomic E-state index is 12.4. The molecule has 0 atom stereocenters. The zero-order chi connectivity index (χ0) is 19.8. The molecule has 0 amide bonds. The first kappa shape index (κ1) is 18.1. The van der Waals surface area contributed by atoms with E-state index in [1.54, 1.807) is 15.4 Å². The van der Waals surface area contributed by atoms with Crippen LogP contribution in [0.15, 0.2) is 47.4 Å². The maximum absolute atomic E-state index is 12.4. The minimum Gasteiger partial charge on any atom is -0.454 e. The zero-order valence-corrected chi connectivity index (χ0v) is 16.6. The highest BCUT2D eigenvalue weighted by molar-refractivity contribution is 5.44. The summed E-state index contributed by atoms with van der Waals surface area (Å²) in [6, 6.07) is 11.8. The summed E-state index contributed by atoms with van der Waals surface area (Å²) in [7, 11) is 0. The van der Waals surface area contributed by atoms with Gasteiger partial charge in [0.1, 0.15) is 50.6 Å². The lowest BCUT2D eigenvalue weighted by Gasteiger charge is -2.29. The summed E-state index contributed by atoms with van der Waals surface area (Å²) < 4.78 is 12.5. The molecular formula is C22H26N4O3+2. The van der Waals surface area contributed by atoms with Crippen molar-refractivity contribution in [3.05, 3.63) is 69.8 Å². The fraction of sp³-hybridized carbons (Fsp3) is 0.364. The van der Waals surface area contributed by atoms with Gasteiger partial charge in [0, 0.05) is 17.8 Å². The molecule has 0 unspecified atom stereocenters. The van der Waals surface area contributed by atoms with Gasteiger partial charge in [-0.3, -0.25) is 9.20 Å². The van der Waals surface area contributed by atoms with Gasteiger partial charge >= 0.3 is 0 Å². The fourth-order valence-electron chi connectivity index (χ4n) is 4.26. The van der Waals surface area contributed by atoms with E-state index in [-0.39, 0.29) is 5.56 Å². The monoisotopic (exact) mass is 394 g/mol. The molecule has 4 heterocycles. The lowest BCUT2D eigenvalue weighted by molar-refractivity contribution is -1.02. The molecule has 29 heavy (non-hydrogen) atoms. The van der Waals surface area contributed by atoms with Crippen LogP contribution in [0.2, 0.25) is 0 Å². The van der Waals surface area contributed by atoms with Crippen molar-refractivity contribution < 1.29 is 19.3 Å². The average Bonchev–Trinajstić information content (AvgIpc) is 3.18. The fourth-order valence-corrected chi connectivity index (χ4v) is 4.26. The Bertz CT molecular complexity index is 1100. The van der Waals surface area contributed by atoms with Gasteiger partial charge < -0.3 is 19.3 Å². The Morgan fingerprint density at radius 3 is 2.55 bits per heavy atom. The molecule has 7 heteroatoms. The number of rotatable bonds is 4. The number of piperazine rings is 1. The first-order valence-electron chi connectivity index (χ1n) is 10.2. The zero-order valence-electron chi connectivity index (χ0n) is 16.6. The molecule has 3 aromatic rings. The van der Waals surface area contributed by atoms with E-state index in [0.29, 0.717) is 6.79 Å². The van der Waals surface area contributed by atoms with Crippen LogP contribution in [0.5, 0.6) is 11.5 Å². The summed E-state index contributed by atoms with van der Waals surface area (Å²) in [5.74, 6) is 1.70. The number of quaternary nitrogens is 2. The first-order chi connectivity index (χ1) is 14.1. The minimum absolute atomic E-state index is 0.000157. The van der Waals surface area contributed by atoms with Crippen molar-refractivity contribution in [3.63, 3.8) is 0 Å². The van der Waals surface area contributed by atoms with Gasteiger partial charge in [-0.25, -0.2) is 4.98 Å². The lowest BCUT2D eigenvalue weighted by atomic mass is 10.1. The number of hydrogen-bond donors (Lipinski definition) is 2. The molecule has 2 N–H and O–H groups in total. The van der Waals surface area contributed by atoms with Crippen LogP contribution in [0.3, 0.4) is 0 Å². The molecule has 1 saturated heterocycles. The molecular weight excluding hydrogens is 368 g/mol. The van der Waals surface area contributed by atoms with E-state index in [2.05, 4.69) is 12.1 Å². The third kappa shape index (κ3) is 3.83. The van der Waals surface area contributed by atoms with Crippen molar-refractivity contribution in [2.75, 3.05) is 33.0 Å². The van der Waals surface area contributed by atoms with Crippen molar-refractivity contribution in [2.45, 2.75) is 20.0 Å². The van der Waals surface area contributed by atoms with Crippen LogP contribution in [-0.4, -0.2) is 42.4 Å². The van der Waals surface area contributed by atoms with E-state index in [4.69, 9.17) is 14.5 Å². The average molecular weight is 394 g/mol. The highest BCUT2D eigenvalue weighted by atomic mass is 16.7. The molecule has 0 saturated carbocycles. The van der Waals surface area contributed by atoms with E-state index >= 15 is 0 Å². The summed E-state index contributed by atoms with van der Waals surface area (Å²) >= 11 is 0. The van der Waals surface area contributed by atoms with Crippen LogP contribution in [0.4, 0.5) is 0 Å². The highest BCUT2D eigenvalue weighted by Crippen LogP contribution is 2.32. The number of benzene rings is 1. The van der Waals surface area contributed by atoms with Gasteiger partial charge in [-0.15, -0.1) is 0 Å². The quantitative estimate of drug-likeness (QED) is 0.609. The van der Waals surface area contributed by atoms with Gasteiger partial charge in [-0.05, 0) is 36.8 Å². The van der Waals surface area contributed by atoms with Crippen LogP contribution < -0.4 is 24.8 Å². The summed E-state index contributed by atoms with van der Waals surface area (Å²) in [4.78, 5) is 20.2. The van der Waals surface area contributed by atoms with E-state index in [0.717, 1.165) is 67.7 Å². The number of aromatic nitrogens is 2. The number of hydrogen-bond acceptors (Lipinski definition) is 4. The molecule has 2 aliphatic rings. The summed E-state index contributed by atoms with van der Waals surface area (Å²) in [6.45, 7) is 8.47. The van der Waals surface area contributed by atoms with Crippen LogP contribution in [0, 0.1) is 6.92 Å².